The van der Waals surface area contributed by atoms with Crippen molar-refractivity contribution >= 4 is 0 Å². The third kappa shape index (κ3) is 2.43. The van der Waals surface area contributed by atoms with Gasteiger partial charge in [0.2, 0.25) is 0 Å². The minimum Gasteiger partial charge on any atom is -0.305 e. The van der Waals surface area contributed by atoms with Crippen LogP contribution in [0.3, 0.4) is 0 Å². The van der Waals surface area contributed by atoms with Crippen LogP contribution in [-0.4, -0.2) is 19.0 Å². The second-order valence-corrected chi connectivity index (χ2v) is 6.52. The van der Waals surface area contributed by atoms with Gasteiger partial charge in [0.25, 0.3) is 0 Å². The smallest absolute Gasteiger partial charge is 0.127 e. The summed E-state index contributed by atoms with van der Waals surface area (Å²) in [4.78, 5) is 2.08. The third-order valence-corrected chi connectivity index (χ3v) is 4.96. The van der Waals surface area contributed by atoms with Gasteiger partial charge in [-0.3, -0.25) is 0 Å². The molecule has 1 aromatic carbocycles. The molecule has 0 saturated heterocycles. The molecule has 0 aromatic heterocycles. The number of halogens is 1. The summed E-state index contributed by atoms with van der Waals surface area (Å²) in [6.07, 6.45) is 7.78. The molecule has 3 rings (SSSR count). The summed E-state index contributed by atoms with van der Waals surface area (Å²) in [6, 6.07) is 3.78. The Morgan fingerprint density at radius 2 is 1.95 bits per heavy atom. The molecular weight excluding hydrogens is 237 g/mol. The summed E-state index contributed by atoms with van der Waals surface area (Å²) in [5.41, 5.74) is 3.75. The summed E-state index contributed by atoms with van der Waals surface area (Å²) in [5, 5.41) is 0. The van der Waals surface area contributed by atoms with Gasteiger partial charge in [0.15, 0.2) is 0 Å². The topological polar surface area (TPSA) is 3.24 Å². The first-order chi connectivity index (χ1) is 9.16. The number of hydrogen-bond acceptors (Lipinski definition) is 1. The van der Waals surface area contributed by atoms with E-state index in [1.807, 2.05) is 14.1 Å². The Morgan fingerprint density at radius 1 is 1.16 bits per heavy atom. The van der Waals surface area contributed by atoms with Gasteiger partial charge in [0, 0.05) is 12.1 Å². The number of nitrogens with zero attached hydrogens (tertiary/aromatic N) is 1. The van der Waals surface area contributed by atoms with Crippen LogP contribution in [-0.2, 0) is 13.0 Å². The van der Waals surface area contributed by atoms with Gasteiger partial charge in [-0.25, -0.2) is 4.39 Å². The second-order valence-electron chi connectivity index (χ2n) is 6.52. The summed E-state index contributed by atoms with van der Waals surface area (Å²) >= 11 is 0. The minimum atomic E-state index is -0.0123. The molecule has 104 valence electrons. The van der Waals surface area contributed by atoms with E-state index in [0.717, 1.165) is 24.4 Å². The quantitative estimate of drug-likeness (QED) is 0.774. The van der Waals surface area contributed by atoms with Crippen molar-refractivity contribution in [2.45, 2.75) is 51.0 Å². The molecule has 0 aliphatic heterocycles. The Bertz CT molecular complexity index is 467. The molecule has 1 nitrogen and oxygen atoms in total. The molecule has 0 amide bonds. The van der Waals surface area contributed by atoms with Gasteiger partial charge in [0.1, 0.15) is 5.82 Å². The summed E-state index contributed by atoms with van der Waals surface area (Å²) in [5.74, 6) is 1.56. The molecule has 1 fully saturated rings. The van der Waals surface area contributed by atoms with E-state index in [2.05, 4.69) is 11.0 Å². The molecular formula is C17H24FN. The predicted molar refractivity (Wildman–Crippen MR) is 76.8 cm³/mol. The molecule has 0 N–H and O–H groups in total. The molecule has 2 unspecified atom stereocenters. The van der Waals surface area contributed by atoms with Crippen LogP contribution < -0.4 is 0 Å². The average Bonchev–Trinajstić information content (AvgIpc) is 2.41. The van der Waals surface area contributed by atoms with E-state index in [0.29, 0.717) is 5.92 Å². The molecule has 19 heavy (non-hydrogen) atoms. The highest BCUT2D eigenvalue weighted by molar-refractivity contribution is 5.41. The van der Waals surface area contributed by atoms with Crippen LogP contribution in [0.2, 0.25) is 0 Å². The van der Waals surface area contributed by atoms with E-state index >= 15 is 0 Å². The highest BCUT2D eigenvalue weighted by Gasteiger charge is 2.33. The van der Waals surface area contributed by atoms with Crippen molar-refractivity contribution in [2.24, 2.45) is 5.92 Å². The third-order valence-electron chi connectivity index (χ3n) is 4.96. The Morgan fingerprint density at radius 3 is 2.74 bits per heavy atom. The molecule has 2 aliphatic carbocycles. The standard InChI is InChI=1S/C17H24FN/c1-19(2)11-16-15-8-7-12-5-3-4-6-13(12)14(15)9-10-17(16)18/h9-10,12-13H,3-8,11H2,1-2H3. The van der Waals surface area contributed by atoms with Crippen molar-refractivity contribution in [1.82, 2.24) is 4.90 Å². The van der Waals surface area contributed by atoms with Crippen molar-refractivity contribution in [1.29, 1.82) is 0 Å². The van der Waals surface area contributed by atoms with Crippen molar-refractivity contribution < 1.29 is 4.39 Å². The van der Waals surface area contributed by atoms with Gasteiger partial charge in [-0.15, -0.1) is 0 Å². The lowest BCUT2D eigenvalue weighted by Gasteiger charge is -2.38. The van der Waals surface area contributed by atoms with Crippen molar-refractivity contribution in [3.8, 4) is 0 Å². The van der Waals surface area contributed by atoms with Gasteiger partial charge >= 0.3 is 0 Å². The van der Waals surface area contributed by atoms with Crippen LogP contribution in [0.15, 0.2) is 12.1 Å². The zero-order valence-electron chi connectivity index (χ0n) is 12.1. The molecule has 1 saturated carbocycles. The Kier molecular flexibility index (Phi) is 3.62. The Hall–Kier alpha value is -0.890. The highest BCUT2D eigenvalue weighted by Crippen LogP contribution is 2.46. The van der Waals surface area contributed by atoms with E-state index in [-0.39, 0.29) is 5.82 Å². The lowest BCUT2D eigenvalue weighted by molar-refractivity contribution is 0.273. The molecule has 1 aromatic rings. The zero-order chi connectivity index (χ0) is 13.4. The summed E-state index contributed by atoms with van der Waals surface area (Å²) in [6.45, 7) is 0.729. The first kappa shape index (κ1) is 13.1. The monoisotopic (exact) mass is 261 g/mol. The van der Waals surface area contributed by atoms with Gasteiger partial charge in [-0.1, -0.05) is 18.9 Å². The second kappa shape index (κ2) is 5.24. The van der Waals surface area contributed by atoms with Crippen LogP contribution in [0.4, 0.5) is 4.39 Å². The molecule has 0 radical (unpaired) electrons. The van der Waals surface area contributed by atoms with Gasteiger partial charge in [-0.2, -0.15) is 0 Å². The van der Waals surface area contributed by atoms with Crippen molar-refractivity contribution in [3.05, 3.63) is 34.6 Å². The van der Waals surface area contributed by atoms with Crippen LogP contribution >= 0.6 is 0 Å². The van der Waals surface area contributed by atoms with E-state index in [1.54, 1.807) is 6.07 Å². The van der Waals surface area contributed by atoms with Crippen LogP contribution in [0, 0.1) is 11.7 Å². The van der Waals surface area contributed by atoms with E-state index in [1.165, 1.54) is 43.2 Å². The molecule has 2 aliphatic rings. The first-order valence-corrected chi connectivity index (χ1v) is 7.61. The zero-order valence-corrected chi connectivity index (χ0v) is 12.1. The number of fused-ring (bicyclic) bond motifs is 3. The first-order valence-electron chi connectivity index (χ1n) is 7.61. The number of rotatable bonds is 2. The minimum absolute atomic E-state index is 0.0123. The maximum absolute atomic E-state index is 14.1. The van der Waals surface area contributed by atoms with Crippen molar-refractivity contribution in [3.63, 3.8) is 0 Å². The number of benzene rings is 1. The molecule has 2 atom stereocenters. The molecule has 0 spiro atoms. The molecule has 0 heterocycles. The summed E-state index contributed by atoms with van der Waals surface area (Å²) < 4.78 is 14.1. The Labute approximate surface area is 115 Å². The van der Waals surface area contributed by atoms with Gasteiger partial charge in [-0.05, 0) is 68.8 Å². The fourth-order valence-electron chi connectivity index (χ4n) is 4.10. The average molecular weight is 261 g/mol. The van der Waals surface area contributed by atoms with Crippen LogP contribution in [0.5, 0.6) is 0 Å². The van der Waals surface area contributed by atoms with E-state index < -0.39 is 0 Å². The van der Waals surface area contributed by atoms with Gasteiger partial charge < -0.3 is 4.90 Å². The normalized spacial score (nSPS) is 26.1. The van der Waals surface area contributed by atoms with Crippen LogP contribution in [0.1, 0.15) is 54.7 Å². The number of hydrogen-bond donors (Lipinski definition) is 0. The maximum Gasteiger partial charge on any atom is 0.127 e. The molecule has 0 bridgehead atoms. The SMILES string of the molecule is CN(C)Cc1c(F)ccc2c1CCC1CCCCC21. The van der Waals surface area contributed by atoms with E-state index in [9.17, 15) is 4.39 Å². The summed E-state index contributed by atoms with van der Waals surface area (Å²) in [7, 11) is 4.04. The van der Waals surface area contributed by atoms with Crippen molar-refractivity contribution in [2.75, 3.05) is 14.1 Å². The lowest BCUT2D eigenvalue weighted by atomic mass is 9.67. The Balaban J connectivity index is 2.00. The van der Waals surface area contributed by atoms with Gasteiger partial charge in [0.05, 0.1) is 0 Å². The highest BCUT2D eigenvalue weighted by atomic mass is 19.1. The largest absolute Gasteiger partial charge is 0.305 e. The molecule has 2 heteroatoms. The maximum atomic E-state index is 14.1. The fraction of sp³-hybridized carbons (Fsp3) is 0.647. The van der Waals surface area contributed by atoms with Crippen LogP contribution in [0.25, 0.3) is 0 Å². The van der Waals surface area contributed by atoms with E-state index in [4.69, 9.17) is 0 Å². The predicted octanol–water partition coefficient (Wildman–Crippen LogP) is 4.11. The lowest BCUT2D eigenvalue weighted by Crippen LogP contribution is -2.26. The fourth-order valence-corrected chi connectivity index (χ4v) is 4.10.